The summed E-state index contributed by atoms with van der Waals surface area (Å²) in [4.78, 5) is 18.1. The van der Waals surface area contributed by atoms with Gasteiger partial charge in [-0.2, -0.15) is 0 Å². The minimum Gasteiger partial charge on any atom is -0.461 e. The molecule has 0 aliphatic rings. The Labute approximate surface area is 218 Å². The van der Waals surface area contributed by atoms with Gasteiger partial charge in [0, 0.05) is 22.0 Å². The molecule has 3 aromatic heterocycles. The van der Waals surface area contributed by atoms with Gasteiger partial charge in [0.25, 0.3) is 0 Å². The molecule has 0 fully saturated rings. The normalized spacial score (nSPS) is 11.0. The molecule has 0 saturated heterocycles. The van der Waals surface area contributed by atoms with Crippen molar-refractivity contribution in [3.63, 3.8) is 0 Å². The number of hydrogen-bond acceptors (Lipinski definition) is 7. The van der Waals surface area contributed by atoms with Gasteiger partial charge in [-0.1, -0.05) is 52.0 Å². The lowest BCUT2D eigenvalue weighted by Gasteiger charge is -2.10. The number of carbonyl (C=O) groups is 1. The summed E-state index contributed by atoms with van der Waals surface area (Å²) in [5, 5.41) is 12.7. The molecule has 0 spiro atoms. The number of carbonyl (C=O) groups excluding carboxylic acids is 1. The molecule has 35 heavy (non-hydrogen) atoms. The minimum absolute atomic E-state index is 0.155. The van der Waals surface area contributed by atoms with Crippen LogP contribution in [-0.2, 0) is 11.2 Å². The summed E-state index contributed by atoms with van der Waals surface area (Å²) in [5.74, 6) is 1.21. The first kappa shape index (κ1) is 23.5. The summed E-state index contributed by atoms with van der Waals surface area (Å²) in [5.41, 5.74) is 3.20. The van der Waals surface area contributed by atoms with E-state index in [2.05, 4.69) is 48.6 Å². The highest BCUT2D eigenvalue weighted by Gasteiger charge is 2.19. The predicted octanol–water partition coefficient (Wildman–Crippen LogP) is 6.38. The molecule has 5 aromatic rings. The molecule has 0 radical (unpaired) electrons. The molecule has 5 rings (SSSR count). The SMILES string of the molecule is Cc1cccc(-n2c(SCC(=O)Nc3ncc(Cc4ccc(Br)cc4)s3)nnc2-c2ccco2)c1. The smallest absolute Gasteiger partial charge is 0.236 e. The van der Waals surface area contributed by atoms with E-state index < -0.39 is 0 Å². The van der Waals surface area contributed by atoms with Crippen LogP contribution in [0.25, 0.3) is 17.3 Å². The minimum atomic E-state index is -0.155. The van der Waals surface area contributed by atoms with Gasteiger partial charge in [-0.05, 0) is 54.4 Å². The molecule has 176 valence electrons. The predicted molar refractivity (Wildman–Crippen MR) is 142 cm³/mol. The number of amides is 1. The van der Waals surface area contributed by atoms with Crippen molar-refractivity contribution in [3.8, 4) is 17.3 Å². The van der Waals surface area contributed by atoms with E-state index in [-0.39, 0.29) is 11.7 Å². The van der Waals surface area contributed by atoms with Crippen LogP contribution in [0, 0.1) is 6.92 Å². The molecule has 0 saturated carbocycles. The number of aromatic nitrogens is 4. The zero-order valence-electron chi connectivity index (χ0n) is 18.6. The zero-order valence-corrected chi connectivity index (χ0v) is 21.9. The Kier molecular flexibility index (Phi) is 7.12. The second kappa shape index (κ2) is 10.6. The first-order valence-electron chi connectivity index (χ1n) is 10.7. The van der Waals surface area contributed by atoms with Gasteiger partial charge < -0.3 is 9.73 Å². The van der Waals surface area contributed by atoms with Gasteiger partial charge in [-0.25, -0.2) is 4.98 Å². The number of hydrogen-bond donors (Lipinski definition) is 1. The fraction of sp³-hybridized carbons (Fsp3) is 0.120. The van der Waals surface area contributed by atoms with Crippen LogP contribution in [0.2, 0.25) is 0 Å². The van der Waals surface area contributed by atoms with Gasteiger partial charge in [-0.3, -0.25) is 9.36 Å². The van der Waals surface area contributed by atoms with E-state index in [0.29, 0.717) is 21.9 Å². The molecule has 2 aromatic carbocycles. The number of thiazole rings is 1. The number of nitrogens with one attached hydrogen (secondary N) is 1. The number of benzene rings is 2. The van der Waals surface area contributed by atoms with Crippen LogP contribution in [0.5, 0.6) is 0 Å². The van der Waals surface area contributed by atoms with Crippen molar-refractivity contribution in [2.24, 2.45) is 0 Å². The van der Waals surface area contributed by atoms with Crippen molar-refractivity contribution in [1.82, 2.24) is 19.7 Å². The van der Waals surface area contributed by atoms with Crippen LogP contribution in [0.3, 0.4) is 0 Å². The molecule has 7 nitrogen and oxygen atoms in total. The number of rotatable bonds is 8. The van der Waals surface area contributed by atoms with E-state index in [1.165, 1.54) is 28.7 Å². The van der Waals surface area contributed by atoms with E-state index in [1.807, 2.05) is 60.0 Å². The van der Waals surface area contributed by atoms with Crippen molar-refractivity contribution in [3.05, 3.63) is 93.6 Å². The number of halogens is 1. The van der Waals surface area contributed by atoms with Gasteiger partial charge in [0.1, 0.15) is 0 Å². The quantitative estimate of drug-likeness (QED) is 0.220. The molecule has 0 aliphatic heterocycles. The summed E-state index contributed by atoms with van der Waals surface area (Å²) in [6, 6.07) is 19.9. The van der Waals surface area contributed by atoms with Gasteiger partial charge in [0.15, 0.2) is 16.0 Å². The van der Waals surface area contributed by atoms with E-state index in [0.717, 1.165) is 27.0 Å². The Morgan fingerprint density at radius 2 is 2.00 bits per heavy atom. The van der Waals surface area contributed by atoms with Crippen LogP contribution < -0.4 is 5.32 Å². The third kappa shape index (κ3) is 5.72. The number of anilines is 1. The monoisotopic (exact) mass is 565 g/mol. The lowest BCUT2D eigenvalue weighted by atomic mass is 10.1. The third-order valence-electron chi connectivity index (χ3n) is 5.06. The molecule has 10 heteroatoms. The van der Waals surface area contributed by atoms with Gasteiger partial charge >= 0.3 is 0 Å². The summed E-state index contributed by atoms with van der Waals surface area (Å²) >= 11 is 6.24. The number of thioether (sulfide) groups is 1. The molecule has 0 aliphatic carbocycles. The average Bonchev–Trinajstić information content (AvgIpc) is 3.60. The molecule has 0 unspecified atom stereocenters. The average molecular weight is 567 g/mol. The fourth-order valence-corrected chi connectivity index (χ4v) is 5.34. The van der Waals surface area contributed by atoms with Crippen LogP contribution in [-0.4, -0.2) is 31.4 Å². The number of aryl methyl sites for hydroxylation is 1. The maximum atomic E-state index is 12.7. The summed E-state index contributed by atoms with van der Waals surface area (Å²) in [6.07, 6.45) is 4.17. The van der Waals surface area contributed by atoms with Crippen molar-refractivity contribution >= 4 is 50.1 Å². The molecule has 1 amide bonds. The third-order valence-corrected chi connectivity index (χ3v) is 7.43. The van der Waals surface area contributed by atoms with E-state index in [1.54, 1.807) is 12.5 Å². The Morgan fingerprint density at radius 3 is 2.77 bits per heavy atom. The highest BCUT2D eigenvalue weighted by Crippen LogP contribution is 2.29. The molecule has 0 bridgehead atoms. The summed E-state index contributed by atoms with van der Waals surface area (Å²) < 4.78 is 8.51. The fourth-order valence-electron chi connectivity index (χ4n) is 3.46. The Hall–Kier alpha value is -3.21. The van der Waals surface area contributed by atoms with E-state index in [9.17, 15) is 4.79 Å². The van der Waals surface area contributed by atoms with Gasteiger partial charge in [0.2, 0.25) is 11.7 Å². The Morgan fingerprint density at radius 1 is 1.14 bits per heavy atom. The van der Waals surface area contributed by atoms with Gasteiger partial charge in [-0.15, -0.1) is 21.5 Å². The first-order chi connectivity index (χ1) is 17.0. The lowest BCUT2D eigenvalue weighted by Crippen LogP contribution is -2.14. The van der Waals surface area contributed by atoms with Crippen LogP contribution in [0.4, 0.5) is 5.13 Å². The number of nitrogens with zero attached hydrogens (tertiary/aromatic N) is 4. The van der Waals surface area contributed by atoms with Crippen LogP contribution >= 0.6 is 39.0 Å². The zero-order chi connectivity index (χ0) is 24.2. The topological polar surface area (TPSA) is 85.8 Å². The Balaban J connectivity index is 1.27. The van der Waals surface area contributed by atoms with Crippen molar-refractivity contribution in [2.75, 3.05) is 11.1 Å². The second-order valence-electron chi connectivity index (χ2n) is 7.73. The maximum Gasteiger partial charge on any atom is 0.236 e. The standard InChI is InChI=1S/C25H20BrN5O2S2/c1-16-4-2-5-19(12-16)31-23(21-6-3-11-33-21)29-30-25(31)34-15-22(32)28-24-27-14-20(35-24)13-17-7-9-18(26)10-8-17/h2-12,14H,13,15H2,1H3,(H,27,28,32). The summed E-state index contributed by atoms with van der Waals surface area (Å²) in [6.45, 7) is 2.03. The van der Waals surface area contributed by atoms with E-state index >= 15 is 0 Å². The number of furan rings is 1. The van der Waals surface area contributed by atoms with E-state index in [4.69, 9.17) is 4.42 Å². The van der Waals surface area contributed by atoms with Crippen molar-refractivity contribution in [2.45, 2.75) is 18.5 Å². The highest BCUT2D eigenvalue weighted by molar-refractivity contribution is 9.10. The molecular weight excluding hydrogens is 546 g/mol. The first-order valence-corrected chi connectivity index (χ1v) is 13.3. The molecular formula is C25H20BrN5O2S2. The second-order valence-corrected chi connectivity index (χ2v) is 10.7. The summed E-state index contributed by atoms with van der Waals surface area (Å²) in [7, 11) is 0. The highest BCUT2D eigenvalue weighted by atomic mass is 79.9. The largest absolute Gasteiger partial charge is 0.461 e. The van der Waals surface area contributed by atoms with Crippen LogP contribution in [0.15, 0.2) is 87.2 Å². The maximum absolute atomic E-state index is 12.7. The van der Waals surface area contributed by atoms with Crippen molar-refractivity contribution < 1.29 is 9.21 Å². The molecule has 3 heterocycles. The van der Waals surface area contributed by atoms with Crippen LogP contribution in [0.1, 0.15) is 16.0 Å². The van der Waals surface area contributed by atoms with Gasteiger partial charge in [0.05, 0.1) is 17.7 Å². The molecule has 1 N–H and O–H groups in total. The Bertz CT molecular complexity index is 1450. The lowest BCUT2D eigenvalue weighted by molar-refractivity contribution is -0.113. The van der Waals surface area contributed by atoms with Crippen molar-refractivity contribution in [1.29, 1.82) is 0 Å². The molecule has 0 atom stereocenters.